The molecule has 2 aromatic rings. The van der Waals surface area contributed by atoms with Gasteiger partial charge in [0.25, 0.3) is 0 Å². The molecule has 4 nitrogen and oxygen atoms in total. The Kier molecular flexibility index (Phi) is 4.56. The minimum absolute atomic E-state index is 0.280. The van der Waals surface area contributed by atoms with E-state index in [1.54, 1.807) is 6.33 Å². The zero-order valence-corrected chi connectivity index (χ0v) is 11.9. The molecule has 0 aliphatic carbocycles. The summed E-state index contributed by atoms with van der Waals surface area (Å²) in [6.45, 7) is 7.27. The topological polar surface area (TPSA) is 66.7 Å². The molecule has 0 spiro atoms. The zero-order chi connectivity index (χ0) is 13.7. The SMILES string of the molecule is CC(C)(CCN)CNCCc1ccc2nc[nH]c2c1. The Balaban J connectivity index is 1.79. The first kappa shape index (κ1) is 14.0. The lowest BCUT2D eigenvalue weighted by molar-refractivity contribution is 0.321. The van der Waals surface area contributed by atoms with Crippen LogP contribution in [-0.4, -0.2) is 29.6 Å². The zero-order valence-electron chi connectivity index (χ0n) is 11.9. The van der Waals surface area contributed by atoms with Crippen molar-refractivity contribution in [2.75, 3.05) is 19.6 Å². The molecule has 0 unspecified atom stereocenters. The van der Waals surface area contributed by atoms with Crippen LogP contribution in [0.3, 0.4) is 0 Å². The van der Waals surface area contributed by atoms with Crippen LogP contribution in [0, 0.1) is 5.41 Å². The summed E-state index contributed by atoms with van der Waals surface area (Å²) >= 11 is 0. The van der Waals surface area contributed by atoms with Gasteiger partial charge in [0.05, 0.1) is 17.4 Å². The smallest absolute Gasteiger partial charge is 0.0931 e. The maximum atomic E-state index is 5.62. The van der Waals surface area contributed by atoms with Gasteiger partial charge in [0.2, 0.25) is 0 Å². The number of imidazole rings is 1. The van der Waals surface area contributed by atoms with Crippen LogP contribution in [0.25, 0.3) is 11.0 Å². The number of aromatic nitrogens is 2. The molecule has 2 rings (SSSR count). The molecule has 1 aromatic carbocycles. The minimum atomic E-state index is 0.280. The van der Waals surface area contributed by atoms with Crippen LogP contribution in [0.2, 0.25) is 0 Å². The first-order chi connectivity index (χ1) is 9.11. The molecule has 1 aromatic heterocycles. The molecular formula is C15H24N4. The fourth-order valence-corrected chi connectivity index (χ4v) is 2.28. The van der Waals surface area contributed by atoms with Crippen molar-refractivity contribution in [3.8, 4) is 0 Å². The molecule has 1 heterocycles. The second-order valence-electron chi connectivity index (χ2n) is 5.88. The summed E-state index contributed by atoms with van der Waals surface area (Å²) in [5.74, 6) is 0. The van der Waals surface area contributed by atoms with Crippen LogP contribution in [0.1, 0.15) is 25.8 Å². The fraction of sp³-hybridized carbons (Fsp3) is 0.533. The van der Waals surface area contributed by atoms with Crippen molar-refractivity contribution in [1.82, 2.24) is 15.3 Å². The third-order valence-corrected chi connectivity index (χ3v) is 3.50. The van der Waals surface area contributed by atoms with Gasteiger partial charge >= 0.3 is 0 Å². The molecule has 0 bridgehead atoms. The third kappa shape index (κ3) is 4.04. The van der Waals surface area contributed by atoms with Gasteiger partial charge in [-0.05, 0) is 49.0 Å². The van der Waals surface area contributed by atoms with Gasteiger partial charge in [-0.2, -0.15) is 0 Å². The lowest BCUT2D eigenvalue weighted by Crippen LogP contribution is -2.32. The molecule has 0 fully saturated rings. The first-order valence-corrected chi connectivity index (χ1v) is 6.93. The summed E-state index contributed by atoms with van der Waals surface area (Å²) in [6.07, 6.45) is 3.83. The summed E-state index contributed by atoms with van der Waals surface area (Å²) in [6, 6.07) is 6.39. The predicted octanol–water partition coefficient (Wildman–Crippen LogP) is 2.07. The maximum Gasteiger partial charge on any atom is 0.0931 e. The van der Waals surface area contributed by atoms with E-state index in [0.717, 1.165) is 43.5 Å². The van der Waals surface area contributed by atoms with E-state index in [1.807, 2.05) is 0 Å². The molecule has 0 aliphatic heterocycles. The fourth-order valence-electron chi connectivity index (χ4n) is 2.28. The molecular weight excluding hydrogens is 236 g/mol. The Labute approximate surface area is 114 Å². The molecule has 0 amide bonds. The average Bonchev–Trinajstić information content (AvgIpc) is 2.82. The first-order valence-electron chi connectivity index (χ1n) is 6.93. The number of benzene rings is 1. The second-order valence-corrected chi connectivity index (χ2v) is 5.88. The van der Waals surface area contributed by atoms with E-state index in [2.05, 4.69) is 47.3 Å². The van der Waals surface area contributed by atoms with Crippen molar-refractivity contribution in [2.45, 2.75) is 26.7 Å². The Hall–Kier alpha value is -1.39. The van der Waals surface area contributed by atoms with E-state index in [4.69, 9.17) is 5.73 Å². The van der Waals surface area contributed by atoms with Crippen molar-refractivity contribution in [3.05, 3.63) is 30.1 Å². The van der Waals surface area contributed by atoms with Crippen molar-refractivity contribution < 1.29 is 0 Å². The lowest BCUT2D eigenvalue weighted by atomic mass is 9.89. The van der Waals surface area contributed by atoms with Crippen LogP contribution in [0.4, 0.5) is 0 Å². The summed E-state index contributed by atoms with van der Waals surface area (Å²) in [4.78, 5) is 7.37. The van der Waals surface area contributed by atoms with Gasteiger partial charge < -0.3 is 16.0 Å². The third-order valence-electron chi connectivity index (χ3n) is 3.50. The quantitative estimate of drug-likeness (QED) is 0.668. The van der Waals surface area contributed by atoms with E-state index in [-0.39, 0.29) is 5.41 Å². The number of rotatable bonds is 7. The normalized spacial score (nSPS) is 12.2. The number of aromatic amines is 1. The number of hydrogen-bond acceptors (Lipinski definition) is 3. The Morgan fingerprint density at radius 2 is 2.21 bits per heavy atom. The Morgan fingerprint density at radius 1 is 1.37 bits per heavy atom. The number of nitrogens with zero attached hydrogens (tertiary/aromatic N) is 1. The summed E-state index contributed by atoms with van der Waals surface area (Å²) in [7, 11) is 0. The van der Waals surface area contributed by atoms with E-state index in [1.165, 1.54) is 5.56 Å². The predicted molar refractivity (Wildman–Crippen MR) is 80.1 cm³/mol. The van der Waals surface area contributed by atoms with Gasteiger partial charge in [0.15, 0.2) is 0 Å². The van der Waals surface area contributed by atoms with Crippen molar-refractivity contribution in [1.29, 1.82) is 0 Å². The maximum absolute atomic E-state index is 5.62. The van der Waals surface area contributed by atoms with E-state index >= 15 is 0 Å². The standard InChI is InChI=1S/C15H24N4/c1-15(2,6-7-16)10-17-8-5-12-3-4-13-14(9-12)19-11-18-13/h3-4,9,11,17H,5-8,10,16H2,1-2H3,(H,18,19). The van der Waals surface area contributed by atoms with Crippen LogP contribution < -0.4 is 11.1 Å². The van der Waals surface area contributed by atoms with E-state index < -0.39 is 0 Å². The van der Waals surface area contributed by atoms with Crippen molar-refractivity contribution in [2.24, 2.45) is 11.1 Å². The average molecular weight is 260 g/mol. The highest BCUT2D eigenvalue weighted by molar-refractivity contribution is 5.75. The summed E-state index contributed by atoms with van der Waals surface area (Å²) in [5.41, 5.74) is 9.37. The van der Waals surface area contributed by atoms with Gasteiger partial charge in [0.1, 0.15) is 0 Å². The van der Waals surface area contributed by atoms with Gasteiger partial charge in [-0.25, -0.2) is 4.98 Å². The molecule has 0 aliphatic rings. The molecule has 0 atom stereocenters. The lowest BCUT2D eigenvalue weighted by Gasteiger charge is -2.24. The van der Waals surface area contributed by atoms with Crippen LogP contribution in [-0.2, 0) is 6.42 Å². The molecule has 4 heteroatoms. The highest BCUT2D eigenvalue weighted by atomic mass is 14.9. The number of nitrogens with one attached hydrogen (secondary N) is 2. The molecule has 0 saturated heterocycles. The van der Waals surface area contributed by atoms with Gasteiger partial charge in [-0.15, -0.1) is 0 Å². The van der Waals surface area contributed by atoms with Gasteiger partial charge in [-0.1, -0.05) is 19.9 Å². The van der Waals surface area contributed by atoms with E-state index in [9.17, 15) is 0 Å². The van der Waals surface area contributed by atoms with Crippen molar-refractivity contribution >= 4 is 11.0 Å². The number of fused-ring (bicyclic) bond motifs is 1. The van der Waals surface area contributed by atoms with E-state index in [0.29, 0.717) is 0 Å². The molecule has 104 valence electrons. The Morgan fingerprint density at radius 3 is 3.00 bits per heavy atom. The van der Waals surface area contributed by atoms with Crippen LogP contribution in [0.5, 0.6) is 0 Å². The summed E-state index contributed by atoms with van der Waals surface area (Å²) in [5, 5.41) is 3.52. The molecule has 0 saturated carbocycles. The van der Waals surface area contributed by atoms with Crippen molar-refractivity contribution in [3.63, 3.8) is 0 Å². The monoisotopic (exact) mass is 260 g/mol. The van der Waals surface area contributed by atoms with Gasteiger partial charge in [-0.3, -0.25) is 0 Å². The number of H-pyrrole nitrogens is 1. The molecule has 19 heavy (non-hydrogen) atoms. The molecule has 0 radical (unpaired) electrons. The minimum Gasteiger partial charge on any atom is -0.345 e. The largest absolute Gasteiger partial charge is 0.345 e. The highest BCUT2D eigenvalue weighted by Gasteiger charge is 2.15. The second kappa shape index (κ2) is 6.17. The Bertz CT molecular complexity index is 516. The van der Waals surface area contributed by atoms with Gasteiger partial charge in [0, 0.05) is 6.54 Å². The van der Waals surface area contributed by atoms with Crippen LogP contribution >= 0.6 is 0 Å². The highest BCUT2D eigenvalue weighted by Crippen LogP contribution is 2.17. The summed E-state index contributed by atoms with van der Waals surface area (Å²) < 4.78 is 0. The number of nitrogens with two attached hydrogens (primary N) is 1. The van der Waals surface area contributed by atoms with Crippen LogP contribution in [0.15, 0.2) is 24.5 Å². The number of hydrogen-bond donors (Lipinski definition) is 3. The molecule has 4 N–H and O–H groups in total.